The highest BCUT2D eigenvalue weighted by Crippen LogP contribution is 2.35. The van der Waals surface area contributed by atoms with Crippen LogP contribution in [-0.4, -0.2) is 44.0 Å². The van der Waals surface area contributed by atoms with E-state index in [1.807, 2.05) is 17.0 Å². The van der Waals surface area contributed by atoms with E-state index in [2.05, 4.69) is 23.9 Å². The minimum atomic E-state index is -3.82. The zero-order chi connectivity index (χ0) is 23.6. The molecule has 1 fully saturated rings. The molecule has 0 bridgehead atoms. The van der Waals surface area contributed by atoms with Crippen LogP contribution >= 0.6 is 11.8 Å². The Kier molecular flexibility index (Phi) is 6.99. The van der Waals surface area contributed by atoms with Crippen LogP contribution in [-0.2, 0) is 19.6 Å². The van der Waals surface area contributed by atoms with Gasteiger partial charge >= 0.3 is 0 Å². The minimum Gasteiger partial charge on any atom is -0.343 e. The number of hydrogen-bond acceptors (Lipinski definition) is 5. The van der Waals surface area contributed by atoms with Crippen LogP contribution in [0.2, 0.25) is 0 Å². The average Bonchev–Trinajstić information content (AvgIpc) is 3.27. The number of benzene rings is 2. The molecule has 2 N–H and O–H groups in total. The third kappa shape index (κ3) is 5.52. The highest BCUT2D eigenvalue weighted by molar-refractivity contribution is 7.99. The molecule has 2 heterocycles. The van der Waals surface area contributed by atoms with Gasteiger partial charge in [-0.1, -0.05) is 26.0 Å². The molecule has 0 radical (unpaired) electrons. The smallest absolute Gasteiger partial charge is 0.261 e. The van der Waals surface area contributed by atoms with Gasteiger partial charge < -0.3 is 10.2 Å². The SMILES string of the molecule is CC(C)c1ccc(NS(=O)(=O)c2ccc3c(c2)NC(=O)[C@@H](CC(=O)N2CCCC2)CS3)cc1. The lowest BCUT2D eigenvalue weighted by Gasteiger charge is -2.18. The fourth-order valence-corrected chi connectivity index (χ4v) is 6.17. The van der Waals surface area contributed by atoms with Gasteiger partial charge in [-0.25, -0.2) is 8.42 Å². The van der Waals surface area contributed by atoms with Gasteiger partial charge in [0.25, 0.3) is 10.0 Å². The van der Waals surface area contributed by atoms with Crippen molar-refractivity contribution < 1.29 is 18.0 Å². The summed E-state index contributed by atoms with van der Waals surface area (Å²) >= 11 is 1.46. The second kappa shape index (κ2) is 9.77. The maximum absolute atomic E-state index is 12.9. The molecular weight excluding hydrogens is 458 g/mol. The van der Waals surface area contributed by atoms with E-state index in [1.165, 1.54) is 17.8 Å². The van der Waals surface area contributed by atoms with Crippen LogP contribution in [0.25, 0.3) is 0 Å². The van der Waals surface area contributed by atoms with Crippen molar-refractivity contribution in [1.82, 2.24) is 4.90 Å². The highest BCUT2D eigenvalue weighted by atomic mass is 32.2. The molecule has 2 aliphatic heterocycles. The van der Waals surface area contributed by atoms with E-state index in [4.69, 9.17) is 0 Å². The lowest BCUT2D eigenvalue weighted by molar-refractivity contribution is -0.133. The highest BCUT2D eigenvalue weighted by Gasteiger charge is 2.30. The number of anilines is 2. The van der Waals surface area contributed by atoms with Gasteiger partial charge in [0, 0.05) is 35.8 Å². The summed E-state index contributed by atoms with van der Waals surface area (Å²) in [6.07, 6.45) is 2.19. The van der Waals surface area contributed by atoms with Crippen LogP contribution in [0.4, 0.5) is 11.4 Å². The Bertz CT molecular complexity index is 1140. The van der Waals surface area contributed by atoms with Crippen molar-refractivity contribution in [3.05, 3.63) is 48.0 Å². The number of carbonyl (C=O) groups excluding carboxylic acids is 2. The first-order valence-electron chi connectivity index (χ1n) is 11.2. The van der Waals surface area contributed by atoms with Gasteiger partial charge in [-0.3, -0.25) is 14.3 Å². The summed E-state index contributed by atoms with van der Waals surface area (Å²) in [4.78, 5) is 28.0. The molecule has 7 nitrogen and oxygen atoms in total. The molecule has 1 atom stereocenters. The maximum Gasteiger partial charge on any atom is 0.261 e. The molecule has 0 aromatic heterocycles. The topological polar surface area (TPSA) is 95.6 Å². The summed E-state index contributed by atoms with van der Waals surface area (Å²) in [6, 6.07) is 12.0. The number of nitrogens with one attached hydrogen (secondary N) is 2. The third-order valence-electron chi connectivity index (χ3n) is 6.04. The largest absolute Gasteiger partial charge is 0.343 e. The Morgan fingerprint density at radius 1 is 1.15 bits per heavy atom. The van der Waals surface area contributed by atoms with E-state index in [9.17, 15) is 18.0 Å². The Morgan fingerprint density at radius 3 is 2.52 bits per heavy atom. The van der Waals surface area contributed by atoms with Crippen LogP contribution < -0.4 is 10.0 Å². The molecule has 4 rings (SSSR count). The zero-order valence-corrected chi connectivity index (χ0v) is 20.5. The zero-order valence-electron chi connectivity index (χ0n) is 18.8. The molecular formula is C24H29N3O4S2. The van der Waals surface area contributed by atoms with Crippen molar-refractivity contribution in [2.24, 2.45) is 5.92 Å². The van der Waals surface area contributed by atoms with Gasteiger partial charge in [-0.05, 0) is 54.7 Å². The number of rotatable bonds is 6. The average molecular weight is 488 g/mol. The first-order valence-corrected chi connectivity index (χ1v) is 13.7. The Morgan fingerprint density at radius 2 is 1.85 bits per heavy atom. The second-order valence-electron chi connectivity index (χ2n) is 8.83. The molecule has 0 unspecified atom stereocenters. The molecule has 2 aliphatic rings. The second-order valence-corrected chi connectivity index (χ2v) is 11.6. The van der Waals surface area contributed by atoms with E-state index in [-0.39, 0.29) is 23.1 Å². The molecule has 1 saturated heterocycles. The number of likely N-dealkylation sites (tertiary alicyclic amines) is 1. The monoisotopic (exact) mass is 487 g/mol. The van der Waals surface area contributed by atoms with E-state index in [1.54, 1.807) is 24.3 Å². The van der Waals surface area contributed by atoms with E-state index >= 15 is 0 Å². The molecule has 9 heteroatoms. The van der Waals surface area contributed by atoms with E-state index in [0.717, 1.165) is 36.4 Å². The lowest BCUT2D eigenvalue weighted by Crippen LogP contribution is -2.33. The maximum atomic E-state index is 12.9. The first-order chi connectivity index (χ1) is 15.7. The van der Waals surface area contributed by atoms with E-state index in [0.29, 0.717) is 23.0 Å². The normalized spacial score (nSPS) is 18.6. The number of sulfonamides is 1. The molecule has 2 aromatic rings. The summed E-state index contributed by atoms with van der Waals surface area (Å²) in [5, 5.41) is 2.84. The lowest BCUT2D eigenvalue weighted by atomic mass is 10.0. The van der Waals surface area contributed by atoms with Gasteiger partial charge in [-0.2, -0.15) is 0 Å². The predicted molar refractivity (Wildman–Crippen MR) is 131 cm³/mol. The molecule has 0 saturated carbocycles. The van der Waals surface area contributed by atoms with Crippen LogP contribution in [0.5, 0.6) is 0 Å². The van der Waals surface area contributed by atoms with Crippen molar-refractivity contribution in [1.29, 1.82) is 0 Å². The van der Waals surface area contributed by atoms with Crippen molar-refractivity contribution >= 4 is 45.0 Å². The number of thioether (sulfide) groups is 1. The van der Waals surface area contributed by atoms with E-state index < -0.39 is 15.9 Å². The Balaban J connectivity index is 1.47. The number of amides is 2. The van der Waals surface area contributed by atoms with Gasteiger partial charge in [0.1, 0.15) is 0 Å². The van der Waals surface area contributed by atoms with Crippen molar-refractivity contribution in [3.8, 4) is 0 Å². The first kappa shape index (κ1) is 23.6. The summed E-state index contributed by atoms with van der Waals surface area (Å²) in [6.45, 7) is 5.67. The molecule has 176 valence electrons. The van der Waals surface area contributed by atoms with Gasteiger partial charge in [0.15, 0.2) is 0 Å². The number of nitrogens with zero attached hydrogens (tertiary/aromatic N) is 1. The molecule has 2 amide bonds. The van der Waals surface area contributed by atoms with Crippen molar-refractivity contribution in [2.75, 3.05) is 28.9 Å². The fourth-order valence-electron chi connectivity index (χ4n) is 4.01. The van der Waals surface area contributed by atoms with Gasteiger partial charge in [0.05, 0.1) is 16.5 Å². The summed E-state index contributed by atoms with van der Waals surface area (Å²) in [7, 11) is -3.82. The van der Waals surface area contributed by atoms with Crippen LogP contribution in [0, 0.1) is 5.92 Å². The van der Waals surface area contributed by atoms with Crippen molar-refractivity contribution in [3.63, 3.8) is 0 Å². The fraction of sp³-hybridized carbons (Fsp3) is 0.417. The molecule has 0 spiro atoms. The summed E-state index contributed by atoms with van der Waals surface area (Å²) in [5.74, 6) is 0.144. The van der Waals surface area contributed by atoms with Crippen LogP contribution in [0.3, 0.4) is 0 Å². The van der Waals surface area contributed by atoms with Crippen molar-refractivity contribution in [2.45, 2.75) is 48.8 Å². The number of carbonyl (C=O) groups is 2. The Hall–Kier alpha value is -2.52. The minimum absolute atomic E-state index is 0.00941. The summed E-state index contributed by atoms with van der Waals surface area (Å²) in [5.41, 5.74) is 2.06. The third-order valence-corrected chi connectivity index (χ3v) is 8.65. The quantitative estimate of drug-likeness (QED) is 0.634. The van der Waals surface area contributed by atoms with Crippen LogP contribution in [0.15, 0.2) is 52.3 Å². The molecule has 33 heavy (non-hydrogen) atoms. The number of fused-ring (bicyclic) bond motifs is 1. The van der Waals surface area contributed by atoms with Gasteiger partial charge in [-0.15, -0.1) is 11.8 Å². The summed E-state index contributed by atoms with van der Waals surface area (Å²) < 4.78 is 28.5. The molecule has 2 aromatic carbocycles. The standard InChI is InChI=1S/C24H29N3O4S2/c1-16(2)17-5-7-19(8-6-17)26-33(30,31)20-9-10-22-21(14-20)25-24(29)18(15-32-22)13-23(28)27-11-3-4-12-27/h5-10,14,16,18,26H,3-4,11-13,15H2,1-2H3,(H,25,29)/t18-/m0/s1. The number of hydrogen-bond donors (Lipinski definition) is 2. The van der Waals surface area contributed by atoms with Crippen LogP contribution in [0.1, 0.15) is 44.6 Å². The Labute approximate surface area is 199 Å². The van der Waals surface area contributed by atoms with Gasteiger partial charge in [0.2, 0.25) is 11.8 Å². The predicted octanol–water partition coefficient (Wildman–Crippen LogP) is 4.28. The molecule has 0 aliphatic carbocycles.